The molecular formula is C15H26ClN3O. The molecule has 0 bridgehead atoms. The van der Waals surface area contributed by atoms with E-state index in [2.05, 4.69) is 32.8 Å². The van der Waals surface area contributed by atoms with E-state index in [1.807, 2.05) is 11.6 Å². The van der Waals surface area contributed by atoms with Crippen molar-refractivity contribution in [1.82, 2.24) is 9.78 Å². The van der Waals surface area contributed by atoms with Crippen LogP contribution in [-0.2, 0) is 17.7 Å². The van der Waals surface area contributed by atoms with Crippen LogP contribution in [0.25, 0.3) is 0 Å². The van der Waals surface area contributed by atoms with Crippen LogP contribution in [0.5, 0.6) is 0 Å². The van der Waals surface area contributed by atoms with Gasteiger partial charge in [-0.25, -0.2) is 0 Å². The number of rotatable bonds is 4. The van der Waals surface area contributed by atoms with Crippen LogP contribution in [0.1, 0.15) is 39.1 Å². The molecule has 5 unspecified atom stereocenters. The highest BCUT2D eigenvalue weighted by molar-refractivity contribution is 6.31. The van der Waals surface area contributed by atoms with E-state index in [1.165, 1.54) is 0 Å². The summed E-state index contributed by atoms with van der Waals surface area (Å²) in [4.78, 5) is 0. The Hall–Kier alpha value is -0.580. The standard InChI is InChI=1S/C15H26ClN3O/c1-6-19-13(15(16)9(3)18-19)7-12(17)14-8(2)10(4)20-11(14)5/h8,10-12,14H,6-7,17H2,1-5H3. The zero-order valence-corrected chi connectivity index (χ0v) is 13.8. The first-order valence-electron chi connectivity index (χ1n) is 7.49. The Morgan fingerprint density at radius 3 is 2.50 bits per heavy atom. The Morgan fingerprint density at radius 2 is 2.00 bits per heavy atom. The third kappa shape index (κ3) is 2.74. The van der Waals surface area contributed by atoms with E-state index in [9.17, 15) is 0 Å². The van der Waals surface area contributed by atoms with Crippen LogP contribution in [0.3, 0.4) is 0 Å². The Balaban J connectivity index is 2.18. The Kier molecular flexibility index (Phi) is 4.77. The minimum Gasteiger partial charge on any atom is -0.375 e. The van der Waals surface area contributed by atoms with Crippen LogP contribution in [0.4, 0.5) is 0 Å². The molecule has 0 radical (unpaired) electrons. The Morgan fingerprint density at radius 1 is 1.35 bits per heavy atom. The predicted octanol–water partition coefficient (Wildman–Crippen LogP) is 2.79. The zero-order valence-electron chi connectivity index (χ0n) is 13.1. The quantitative estimate of drug-likeness (QED) is 0.930. The normalized spacial score (nSPS) is 31.8. The largest absolute Gasteiger partial charge is 0.375 e. The van der Waals surface area contributed by atoms with Crippen molar-refractivity contribution in [3.05, 3.63) is 16.4 Å². The third-order valence-electron chi connectivity index (χ3n) is 4.70. The first-order chi connectivity index (χ1) is 9.36. The van der Waals surface area contributed by atoms with Crippen molar-refractivity contribution in [3.63, 3.8) is 0 Å². The number of nitrogens with two attached hydrogens (primary N) is 1. The molecule has 5 atom stereocenters. The molecule has 20 heavy (non-hydrogen) atoms. The van der Waals surface area contributed by atoms with E-state index in [4.69, 9.17) is 22.1 Å². The van der Waals surface area contributed by atoms with Gasteiger partial charge in [-0.1, -0.05) is 18.5 Å². The predicted molar refractivity (Wildman–Crippen MR) is 82.0 cm³/mol. The van der Waals surface area contributed by atoms with Gasteiger partial charge in [0.05, 0.1) is 28.6 Å². The summed E-state index contributed by atoms with van der Waals surface area (Å²) in [5.74, 6) is 0.833. The van der Waals surface area contributed by atoms with Crippen LogP contribution in [0.2, 0.25) is 5.02 Å². The van der Waals surface area contributed by atoms with Crippen LogP contribution in [0.15, 0.2) is 0 Å². The molecule has 1 aromatic heterocycles. The van der Waals surface area contributed by atoms with Crippen molar-refractivity contribution in [2.24, 2.45) is 17.6 Å². The van der Waals surface area contributed by atoms with E-state index < -0.39 is 0 Å². The molecule has 1 aliphatic heterocycles. The van der Waals surface area contributed by atoms with Gasteiger partial charge in [-0.3, -0.25) is 4.68 Å². The summed E-state index contributed by atoms with van der Waals surface area (Å²) in [5, 5.41) is 5.22. The zero-order chi connectivity index (χ0) is 15.0. The molecule has 1 saturated heterocycles. The Bertz CT molecular complexity index is 474. The molecule has 1 fully saturated rings. The molecule has 0 amide bonds. The lowest BCUT2D eigenvalue weighted by atomic mass is 9.82. The van der Waals surface area contributed by atoms with Crippen LogP contribution >= 0.6 is 11.6 Å². The van der Waals surface area contributed by atoms with Gasteiger partial charge in [0.15, 0.2) is 0 Å². The lowest BCUT2D eigenvalue weighted by molar-refractivity contribution is 0.0489. The number of hydrogen-bond donors (Lipinski definition) is 1. The maximum atomic E-state index is 6.48. The van der Waals surface area contributed by atoms with Gasteiger partial charge in [0, 0.05) is 24.9 Å². The van der Waals surface area contributed by atoms with E-state index >= 15 is 0 Å². The highest BCUT2D eigenvalue weighted by Crippen LogP contribution is 2.35. The first kappa shape index (κ1) is 15.8. The summed E-state index contributed by atoms with van der Waals surface area (Å²) in [6.45, 7) is 11.3. The summed E-state index contributed by atoms with van der Waals surface area (Å²) in [6, 6.07) is 0.0452. The molecule has 2 rings (SSSR count). The molecular weight excluding hydrogens is 274 g/mol. The number of ether oxygens (including phenoxy) is 1. The van der Waals surface area contributed by atoms with Crippen molar-refractivity contribution < 1.29 is 4.74 Å². The number of hydrogen-bond acceptors (Lipinski definition) is 3. The summed E-state index contributed by atoms with van der Waals surface area (Å²) in [6.07, 6.45) is 1.23. The smallest absolute Gasteiger partial charge is 0.0847 e. The van der Waals surface area contributed by atoms with Gasteiger partial charge >= 0.3 is 0 Å². The molecule has 0 spiro atoms. The maximum Gasteiger partial charge on any atom is 0.0847 e. The molecule has 1 aliphatic rings. The van der Waals surface area contributed by atoms with E-state index in [0.717, 1.165) is 29.4 Å². The van der Waals surface area contributed by atoms with Gasteiger partial charge in [-0.2, -0.15) is 5.10 Å². The van der Waals surface area contributed by atoms with Crippen molar-refractivity contribution in [2.75, 3.05) is 0 Å². The average Bonchev–Trinajstić information content (AvgIpc) is 2.80. The fraction of sp³-hybridized carbons (Fsp3) is 0.800. The van der Waals surface area contributed by atoms with Gasteiger partial charge in [0.25, 0.3) is 0 Å². The maximum absolute atomic E-state index is 6.48. The van der Waals surface area contributed by atoms with E-state index in [-0.39, 0.29) is 18.2 Å². The molecule has 0 aliphatic carbocycles. The van der Waals surface area contributed by atoms with Crippen molar-refractivity contribution >= 4 is 11.6 Å². The molecule has 2 N–H and O–H groups in total. The topological polar surface area (TPSA) is 53.1 Å². The van der Waals surface area contributed by atoms with E-state index in [1.54, 1.807) is 0 Å². The van der Waals surface area contributed by atoms with Gasteiger partial charge in [0.2, 0.25) is 0 Å². The van der Waals surface area contributed by atoms with Gasteiger partial charge in [0.1, 0.15) is 0 Å². The summed E-state index contributed by atoms with van der Waals surface area (Å²) >= 11 is 6.37. The minimum atomic E-state index is 0.0452. The van der Waals surface area contributed by atoms with Gasteiger partial charge in [-0.15, -0.1) is 0 Å². The highest BCUT2D eigenvalue weighted by Gasteiger charge is 2.40. The fourth-order valence-electron chi connectivity index (χ4n) is 3.46. The first-order valence-corrected chi connectivity index (χ1v) is 7.87. The molecule has 114 valence electrons. The summed E-state index contributed by atoms with van der Waals surface area (Å²) in [5.41, 5.74) is 8.41. The van der Waals surface area contributed by atoms with E-state index in [0.29, 0.717) is 11.8 Å². The number of halogens is 1. The Labute approximate surface area is 126 Å². The number of aryl methyl sites for hydroxylation is 2. The third-order valence-corrected chi connectivity index (χ3v) is 5.19. The molecule has 5 heteroatoms. The second-order valence-corrected chi connectivity index (χ2v) is 6.39. The molecule has 0 aromatic carbocycles. The van der Waals surface area contributed by atoms with Crippen molar-refractivity contribution in [1.29, 1.82) is 0 Å². The lowest BCUT2D eigenvalue weighted by Gasteiger charge is -2.26. The van der Waals surface area contributed by atoms with Crippen LogP contribution < -0.4 is 5.73 Å². The summed E-state index contributed by atoms with van der Waals surface area (Å²) < 4.78 is 7.87. The number of aromatic nitrogens is 2. The molecule has 2 heterocycles. The van der Waals surface area contributed by atoms with Crippen molar-refractivity contribution in [3.8, 4) is 0 Å². The highest BCUT2D eigenvalue weighted by atomic mass is 35.5. The van der Waals surface area contributed by atoms with Crippen LogP contribution in [0, 0.1) is 18.8 Å². The molecule has 0 saturated carbocycles. The fourth-order valence-corrected chi connectivity index (χ4v) is 3.67. The molecule has 4 nitrogen and oxygen atoms in total. The van der Waals surface area contributed by atoms with Crippen LogP contribution in [-0.4, -0.2) is 28.0 Å². The monoisotopic (exact) mass is 299 g/mol. The number of nitrogens with zero attached hydrogens (tertiary/aromatic N) is 2. The minimum absolute atomic E-state index is 0.0452. The average molecular weight is 300 g/mol. The second kappa shape index (κ2) is 6.04. The van der Waals surface area contributed by atoms with Gasteiger partial charge < -0.3 is 10.5 Å². The molecule has 1 aromatic rings. The second-order valence-electron chi connectivity index (χ2n) is 6.01. The van der Waals surface area contributed by atoms with Crippen molar-refractivity contribution in [2.45, 2.75) is 65.8 Å². The SMILES string of the molecule is CCn1nc(C)c(Cl)c1CC(N)C1C(C)OC(C)C1C. The lowest BCUT2D eigenvalue weighted by Crippen LogP contribution is -2.39. The summed E-state index contributed by atoms with van der Waals surface area (Å²) in [7, 11) is 0. The van der Waals surface area contributed by atoms with Gasteiger partial charge in [-0.05, 0) is 33.6 Å².